The van der Waals surface area contributed by atoms with E-state index in [0.29, 0.717) is 30.3 Å². The molecule has 0 fully saturated rings. The van der Waals surface area contributed by atoms with Crippen molar-refractivity contribution in [3.05, 3.63) is 12.1 Å². The van der Waals surface area contributed by atoms with Gasteiger partial charge in [0.25, 0.3) is 0 Å². The Morgan fingerprint density at radius 2 is 1.67 bits per heavy atom. The summed E-state index contributed by atoms with van der Waals surface area (Å²) < 4.78 is 11.1. The Morgan fingerprint density at radius 3 is 2.26 bits per heavy atom. The summed E-state index contributed by atoms with van der Waals surface area (Å²) in [5.74, 6) is 2.05. The number of rotatable bonds is 9. The van der Waals surface area contributed by atoms with Gasteiger partial charge in [0.15, 0.2) is 0 Å². The predicted molar refractivity (Wildman–Crippen MR) is 104 cm³/mol. The first-order valence-corrected chi connectivity index (χ1v) is 9.17. The Balaban J connectivity index is 2.17. The van der Waals surface area contributed by atoms with Crippen molar-refractivity contribution in [1.29, 1.82) is 0 Å². The van der Waals surface area contributed by atoms with E-state index in [1.54, 1.807) is 12.1 Å². The lowest BCUT2D eigenvalue weighted by molar-refractivity contribution is 0.298. The quantitative estimate of drug-likeness (QED) is 0.680. The van der Waals surface area contributed by atoms with Crippen LogP contribution in [-0.4, -0.2) is 43.8 Å². The Kier molecular flexibility index (Phi) is 7.09. The van der Waals surface area contributed by atoms with E-state index in [1.807, 2.05) is 27.7 Å². The maximum Gasteiger partial charge on any atom is 0.330 e. The minimum Gasteiger partial charge on any atom is -0.477 e. The zero-order valence-corrected chi connectivity index (χ0v) is 16.9. The van der Waals surface area contributed by atoms with Crippen LogP contribution in [0.5, 0.6) is 17.8 Å². The van der Waals surface area contributed by atoms with Crippen LogP contribution in [0.2, 0.25) is 0 Å². The molecule has 148 valence electrons. The van der Waals surface area contributed by atoms with Gasteiger partial charge < -0.3 is 20.1 Å². The summed E-state index contributed by atoms with van der Waals surface area (Å²) in [5.41, 5.74) is -0.202. The molecule has 0 amide bonds. The van der Waals surface area contributed by atoms with Crippen molar-refractivity contribution in [3.63, 3.8) is 0 Å². The molecule has 2 heterocycles. The zero-order valence-electron chi connectivity index (χ0n) is 16.9. The number of ether oxygens (including phenoxy) is 2. The topological polar surface area (TPSA) is 107 Å². The molecule has 0 saturated carbocycles. The second-order valence-corrected chi connectivity index (χ2v) is 7.58. The Bertz CT molecular complexity index is 715. The van der Waals surface area contributed by atoms with Crippen LogP contribution in [0.25, 0.3) is 0 Å². The van der Waals surface area contributed by atoms with Gasteiger partial charge in [-0.3, -0.25) is 0 Å². The van der Waals surface area contributed by atoms with Crippen LogP contribution < -0.4 is 20.1 Å². The van der Waals surface area contributed by atoms with E-state index >= 15 is 0 Å². The average molecular weight is 375 g/mol. The molecule has 0 bridgehead atoms. The van der Waals surface area contributed by atoms with Gasteiger partial charge in [-0.25, -0.2) is 0 Å². The van der Waals surface area contributed by atoms with Crippen LogP contribution in [0.3, 0.4) is 0 Å². The first kappa shape index (κ1) is 20.6. The number of nitrogens with zero attached hydrogens (tertiary/aromatic N) is 5. The standard InChI is InChI=1S/C18H29N7O2/c1-7-10-26-13-8-9-14(25-24-13)27-17-21-15(19-11-12(2)3)20-16(22-17)23-18(4,5)6/h8-9,12H,7,10-11H2,1-6H3,(H2,19,20,21,22,23). The van der Waals surface area contributed by atoms with Gasteiger partial charge in [0.1, 0.15) is 0 Å². The second-order valence-electron chi connectivity index (χ2n) is 7.58. The van der Waals surface area contributed by atoms with Crippen molar-refractivity contribution in [3.8, 4) is 17.8 Å². The number of aromatic nitrogens is 5. The smallest absolute Gasteiger partial charge is 0.330 e. The summed E-state index contributed by atoms with van der Waals surface area (Å²) in [6, 6.07) is 3.50. The van der Waals surface area contributed by atoms with Gasteiger partial charge in [-0.05, 0) is 33.1 Å². The van der Waals surface area contributed by atoms with Crippen molar-refractivity contribution < 1.29 is 9.47 Å². The Labute approximate surface area is 160 Å². The summed E-state index contributed by atoms with van der Waals surface area (Å²) in [7, 11) is 0. The number of nitrogens with one attached hydrogen (secondary N) is 2. The van der Waals surface area contributed by atoms with Crippen molar-refractivity contribution in [1.82, 2.24) is 25.1 Å². The summed E-state index contributed by atoms with van der Waals surface area (Å²) in [6.45, 7) is 13.7. The molecule has 2 N–H and O–H groups in total. The molecule has 0 aliphatic heterocycles. The molecule has 0 radical (unpaired) electrons. The monoisotopic (exact) mass is 375 g/mol. The fourth-order valence-electron chi connectivity index (χ4n) is 1.91. The third-order valence-corrected chi connectivity index (χ3v) is 3.04. The van der Waals surface area contributed by atoms with E-state index in [9.17, 15) is 0 Å². The average Bonchev–Trinajstić information content (AvgIpc) is 2.58. The van der Waals surface area contributed by atoms with Crippen molar-refractivity contribution >= 4 is 11.9 Å². The van der Waals surface area contributed by atoms with Crippen molar-refractivity contribution in [2.24, 2.45) is 5.92 Å². The molecule has 0 aliphatic rings. The van der Waals surface area contributed by atoms with Gasteiger partial charge in [-0.15, -0.1) is 10.2 Å². The highest BCUT2D eigenvalue weighted by Gasteiger charge is 2.15. The van der Waals surface area contributed by atoms with Crippen LogP contribution in [0, 0.1) is 5.92 Å². The summed E-state index contributed by atoms with van der Waals surface area (Å²) in [6.07, 6.45) is 0.903. The fourth-order valence-corrected chi connectivity index (χ4v) is 1.91. The Hall–Kier alpha value is -2.71. The fraction of sp³-hybridized carbons (Fsp3) is 0.611. The molecular formula is C18H29N7O2. The van der Waals surface area contributed by atoms with E-state index in [1.165, 1.54) is 0 Å². The number of anilines is 2. The van der Waals surface area contributed by atoms with E-state index in [0.717, 1.165) is 13.0 Å². The SMILES string of the molecule is CCCOc1ccc(Oc2nc(NCC(C)C)nc(NC(C)(C)C)n2)nn1. The first-order chi connectivity index (χ1) is 12.7. The molecule has 0 atom stereocenters. The number of hydrogen-bond acceptors (Lipinski definition) is 9. The molecule has 0 unspecified atom stereocenters. The number of hydrogen-bond donors (Lipinski definition) is 2. The van der Waals surface area contributed by atoms with Gasteiger partial charge in [-0.1, -0.05) is 20.8 Å². The van der Waals surface area contributed by atoms with Gasteiger partial charge in [-0.2, -0.15) is 15.0 Å². The van der Waals surface area contributed by atoms with Gasteiger partial charge >= 0.3 is 6.01 Å². The van der Waals surface area contributed by atoms with Crippen molar-refractivity contribution in [2.75, 3.05) is 23.8 Å². The van der Waals surface area contributed by atoms with E-state index < -0.39 is 0 Å². The zero-order chi connectivity index (χ0) is 19.9. The highest BCUT2D eigenvalue weighted by molar-refractivity contribution is 5.38. The Morgan fingerprint density at radius 1 is 1.00 bits per heavy atom. The van der Waals surface area contributed by atoms with Crippen LogP contribution in [0.15, 0.2) is 12.1 Å². The predicted octanol–water partition coefficient (Wildman–Crippen LogP) is 3.52. The largest absolute Gasteiger partial charge is 0.477 e. The van der Waals surface area contributed by atoms with Gasteiger partial charge in [0.2, 0.25) is 23.7 Å². The lowest BCUT2D eigenvalue weighted by atomic mass is 10.1. The molecule has 9 heteroatoms. The van der Waals surface area contributed by atoms with Gasteiger partial charge in [0, 0.05) is 24.2 Å². The maximum atomic E-state index is 5.67. The van der Waals surface area contributed by atoms with E-state index in [4.69, 9.17) is 9.47 Å². The highest BCUT2D eigenvalue weighted by Crippen LogP contribution is 2.20. The van der Waals surface area contributed by atoms with E-state index in [2.05, 4.69) is 49.6 Å². The second kappa shape index (κ2) is 9.29. The summed E-state index contributed by atoms with van der Waals surface area (Å²) >= 11 is 0. The first-order valence-electron chi connectivity index (χ1n) is 9.17. The molecular weight excluding hydrogens is 346 g/mol. The lowest BCUT2D eigenvalue weighted by Crippen LogP contribution is -2.28. The van der Waals surface area contributed by atoms with Crippen molar-refractivity contribution in [2.45, 2.75) is 53.5 Å². The molecule has 2 rings (SSSR count). The normalized spacial score (nSPS) is 11.4. The van der Waals surface area contributed by atoms with Crippen LogP contribution in [0.1, 0.15) is 48.0 Å². The third kappa shape index (κ3) is 7.59. The molecule has 9 nitrogen and oxygen atoms in total. The minimum absolute atomic E-state index is 0.138. The molecule has 0 spiro atoms. The molecule has 0 aromatic carbocycles. The third-order valence-electron chi connectivity index (χ3n) is 3.04. The van der Waals surface area contributed by atoms with E-state index in [-0.39, 0.29) is 17.4 Å². The summed E-state index contributed by atoms with van der Waals surface area (Å²) in [5, 5.41) is 14.4. The van der Waals surface area contributed by atoms with Crippen LogP contribution in [0.4, 0.5) is 11.9 Å². The lowest BCUT2D eigenvalue weighted by Gasteiger charge is -2.21. The van der Waals surface area contributed by atoms with Gasteiger partial charge in [0.05, 0.1) is 6.61 Å². The highest BCUT2D eigenvalue weighted by atomic mass is 16.5. The van der Waals surface area contributed by atoms with Crippen LogP contribution >= 0.6 is 0 Å². The maximum absolute atomic E-state index is 5.67. The molecule has 0 saturated heterocycles. The molecule has 2 aromatic rings. The molecule has 27 heavy (non-hydrogen) atoms. The summed E-state index contributed by atoms with van der Waals surface area (Å²) in [4.78, 5) is 13.0. The molecule has 0 aliphatic carbocycles. The minimum atomic E-state index is -0.202. The van der Waals surface area contributed by atoms with Crippen LogP contribution in [-0.2, 0) is 0 Å². The molecule has 2 aromatic heterocycles.